The van der Waals surface area contributed by atoms with Gasteiger partial charge in [0.15, 0.2) is 0 Å². The molecule has 0 fully saturated rings. The van der Waals surface area contributed by atoms with Crippen molar-refractivity contribution in [1.82, 2.24) is 0 Å². The molecule has 2 rings (SSSR count). The van der Waals surface area contributed by atoms with Crippen molar-refractivity contribution in [2.75, 3.05) is 5.32 Å². The first kappa shape index (κ1) is 14.4. The summed E-state index contributed by atoms with van der Waals surface area (Å²) in [5, 5.41) is 21.5. The second-order valence-electron chi connectivity index (χ2n) is 4.72. The molecular weight excluding hydrogens is 316 g/mol. The highest BCUT2D eigenvalue weighted by Gasteiger charge is 2.07. The summed E-state index contributed by atoms with van der Waals surface area (Å²) in [5.74, 6) is 0.282. The highest BCUT2D eigenvalue weighted by Crippen LogP contribution is 2.24. The molecule has 2 aromatic rings. The molecule has 0 spiro atoms. The van der Waals surface area contributed by atoms with Gasteiger partial charge < -0.3 is 10.4 Å². The van der Waals surface area contributed by atoms with Crippen LogP contribution in [-0.2, 0) is 6.42 Å². The maximum Gasteiger partial charge on any atom is 0.115 e. The Hall–Kier alpha value is -1.99. The predicted molar refractivity (Wildman–Crippen MR) is 83.8 cm³/mol. The molecule has 0 aliphatic heterocycles. The van der Waals surface area contributed by atoms with Crippen LogP contribution in [0.4, 0.5) is 5.69 Å². The standard InChI is InChI=1S/C16H15BrN2O/c1-11(8-12-2-5-14(20)6-3-12)19-16-7-4-13(10-18)9-15(16)17/h2-7,9,11,19-20H,8H2,1H3. The van der Waals surface area contributed by atoms with Crippen molar-refractivity contribution in [2.45, 2.75) is 19.4 Å². The van der Waals surface area contributed by atoms with E-state index in [1.807, 2.05) is 18.2 Å². The minimum Gasteiger partial charge on any atom is -0.508 e. The van der Waals surface area contributed by atoms with Gasteiger partial charge in [-0.25, -0.2) is 0 Å². The Kier molecular flexibility index (Phi) is 4.65. The minimum absolute atomic E-state index is 0.240. The number of hydrogen-bond acceptors (Lipinski definition) is 3. The molecule has 1 atom stereocenters. The molecule has 0 heterocycles. The third-order valence-electron chi connectivity index (χ3n) is 2.98. The van der Waals surface area contributed by atoms with Gasteiger partial charge >= 0.3 is 0 Å². The van der Waals surface area contributed by atoms with E-state index >= 15 is 0 Å². The van der Waals surface area contributed by atoms with Gasteiger partial charge in [-0.1, -0.05) is 12.1 Å². The van der Waals surface area contributed by atoms with Crippen LogP contribution in [-0.4, -0.2) is 11.1 Å². The number of hydrogen-bond donors (Lipinski definition) is 2. The van der Waals surface area contributed by atoms with Crippen LogP contribution in [0.5, 0.6) is 5.75 Å². The molecule has 0 aliphatic carbocycles. The van der Waals surface area contributed by atoms with E-state index in [9.17, 15) is 5.11 Å². The smallest absolute Gasteiger partial charge is 0.115 e. The molecular formula is C16H15BrN2O. The number of nitrogens with zero attached hydrogens (tertiary/aromatic N) is 1. The fraction of sp³-hybridized carbons (Fsp3) is 0.188. The molecule has 0 radical (unpaired) electrons. The van der Waals surface area contributed by atoms with Crippen LogP contribution in [0, 0.1) is 11.3 Å². The Labute approximate surface area is 127 Å². The van der Waals surface area contributed by atoms with Gasteiger partial charge in [0.05, 0.1) is 11.6 Å². The lowest BCUT2D eigenvalue weighted by molar-refractivity contribution is 0.475. The van der Waals surface area contributed by atoms with Crippen molar-refractivity contribution in [3.8, 4) is 11.8 Å². The summed E-state index contributed by atoms with van der Waals surface area (Å²) >= 11 is 3.46. The molecule has 0 aromatic heterocycles. The van der Waals surface area contributed by atoms with Gasteiger partial charge in [-0.15, -0.1) is 0 Å². The number of nitrogens with one attached hydrogen (secondary N) is 1. The fourth-order valence-electron chi connectivity index (χ4n) is 2.00. The number of aromatic hydroxyl groups is 1. The Morgan fingerprint density at radius 2 is 1.95 bits per heavy atom. The summed E-state index contributed by atoms with van der Waals surface area (Å²) in [7, 11) is 0. The zero-order valence-corrected chi connectivity index (χ0v) is 12.7. The number of benzene rings is 2. The molecule has 0 bridgehead atoms. The third kappa shape index (κ3) is 3.75. The van der Waals surface area contributed by atoms with Gasteiger partial charge in [0.25, 0.3) is 0 Å². The van der Waals surface area contributed by atoms with Crippen molar-refractivity contribution in [3.05, 3.63) is 58.1 Å². The quantitative estimate of drug-likeness (QED) is 0.888. The van der Waals surface area contributed by atoms with Crippen molar-refractivity contribution in [1.29, 1.82) is 5.26 Å². The Morgan fingerprint density at radius 1 is 1.25 bits per heavy atom. The minimum atomic E-state index is 0.240. The summed E-state index contributed by atoms with van der Waals surface area (Å²) < 4.78 is 0.883. The molecule has 0 saturated heterocycles. The number of rotatable bonds is 4. The number of anilines is 1. The van der Waals surface area contributed by atoms with Gasteiger partial charge in [-0.05, 0) is 65.2 Å². The summed E-state index contributed by atoms with van der Waals surface area (Å²) in [5.41, 5.74) is 2.76. The Balaban J connectivity index is 2.03. The molecule has 2 aromatic carbocycles. The van der Waals surface area contributed by atoms with Crippen LogP contribution in [0.2, 0.25) is 0 Å². The maximum absolute atomic E-state index is 9.26. The van der Waals surface area contributed by atoms with Crippen LogP contribution in [0.3, 0.4) is 0 Å². The molecule has 4 heteroatoms. The summed E-state index contributed by atoms with van der Waals surface area (Å²) in [6.07, 6.45) is 0.854. The zero-order valence-electron chi connectivity index (χ0n) is 11.1. The highest BCUT2D eigenvalue weighted by atomic mass is 79.9. The summed E-state index contributed by atoms with van der Waals surface area (Å²) in [4.78, 5) is 0. The number of halogens is 1. The van der Waals surface area contributed by atoms with E-state index in [1.165, 1.54) is 0 Å². The van der Waals surface area contributed by atoms with Gasteiger partial charge in [0.1, 0.15) is 5.75 Å². The van der Waals surface area contributed by atoms with E-state index < -0.39 is 0 Å². The largest absolute Gasteiger partial charge is 0.508 e. The molecule has 20 heavy (non-hydrogen) atoms. The van der Waals surface area contributed by atoms with Crippen LogP contribution in [0.1, 0.15) is 18.1 Å². The third-order valence-corrected chi connectivity index (χ3v) is 3.63. The van der Waals surface area contributed by atoms with E-state index in [0.29, 0.717) is 5.56 Å². The van der Waals surface area contributed by atoms with E-state index in [0.717, 1.165) is 22.1 Å². The van der Waals surface area contributed by atoms with E-state index in [2.05, 4.69) is 34.2 Å². The fourth-order valence-corrected chi connectivity index (χ4v) is 2.50. The van der Waals surface area contributed by atoms with Gasteiger partial charge in [-0.3, -0.25) is 0 Å². The molecule has 102 valence electrons. The van der Waals surface area contributed by atoms with Crippen LogP contribution in [0.15, 0.2) is 46.9 Å². The van der Waals surface area contributed by atoms with Crippen molar-refractivity contribution in [3.63, 3.8) is 0 Å². The van der Waals surface area contributed by atoms with Crippen LogP contribution < -0.4 is 5.32 Å². The SMILES string of the molecule is CC(Cc1ccc(O)cc1)Nc1ccc(C#N)cc1Br. The highest BCUT2D eigenvalue weighted by molar-refractivity contribution is 9.10. The maximum atomic E-state index is 9.26. The summed E-state index contributed by atoms with van der Waals surface area (Å²) in [6.45, 7) is 2.09. The second kappa shape index (κ2) is 6.44. The van der Waals surface area contributed by atoms with Gasteiger partial charge in [0, 0.05) is 16.2 Å². The van der Waals surface area contributed by atoms with E-state index in [1.54, 1.807) is 24.3 Å². The molecule has 0 saturated carbocycles. The first-order valence-electron chi connectivity index (χ1n) is 6.32. The van der Waals surface area contributed by atoms with Gasteiger partial charge in [0.2, 0.25) is 0 Å². The van der Waals surface area contributed by atoms with E-state index in [-0.39, 0.29) is 11.8 Å². The molecule has 1 unspecified atom stereocenters. The second-order valence-corrected chi connectivity index (χ2v) is 5.58. The molecule has 0 amide bonds. The average Bonchev–Trinajstić information content (AvgIpc) is 2.43. The monoisotopic (exact) mass is 330 g/mol. The van der Waals surface area contributed by atoms with E-state index in [4.69, 9.17) is 5.26 Å². The van der Waals surface area contributed by atoms with Crippen LogP contribution >= 0.6 is 15.9 Å². The van der Waals surface area contributed by atoms with Crippen LogP contribution in [0.25, 0.3) is 0 Å². The van der Waals surface area contributed by atoms with Gasteiger partial charge in [-0.2, -0.15) is 5.26 Å². The summed E-state index contributed by atoms with van der Waals surface area (Å²) in [6, 6.07) is 15.1. The Morgan fingerprint density at radius 3 is 2.55 bits per heavy atom. The molecule has 0 aliphatic rings. The molecule has 2 N–H and O–H groups in total. The lowest BCUT2D eigenvalue weighted by Crippen LogP contribution is -2.18. The number of nitriles is 1. The van der Waals surface area contributed by atoms with Crippen molar-refractivity contribution in [2.24, 2.45) is 0 Å². The zero-order chi connectivity index (χ0) is 14.5. The predicted octanol–water partition coefficient (Wildman–Crippen LogP) is 4.07. The average molecular weight is 331 g/mol. The lowest BCUT2D eigenvalue weighted by Gasteiger charge is -2.16. The lowest BCUT2D eigenvalue weighted by atomic mass is 10.1. The molecule has 3 nitrogen and oxygen atoms in total. The number of phenolic OH excluding ortho intramolecular Hbond substituents is 1. The van der Waals surface area contributed by atoms with Crippen molar-refractivity contribution < 1.29 is 5.11 Å². The Bertz CT molecular complexity index is 632. The first-order chi connectivity index (χ1) is 9.58. The van der Waals surface area contributed by atoms with Crippen molar-refractivity contribution >= 4 is 21.6 Å². The number of phenols is 1. The normalized spacial score (nSPS) is 11.7. The topological polar surface area (TPSA) is 56.0 Å². The first-order valence-corrected chi connectivity index (χ1v) is 7.12.